The number of guanidine groups is 1. The Hall–Kier alpha value is -2.05. The molecule has 1 aliphatic heterocycles. The number of aromatic nitrogens is 2. The van der Waals surface area contributed by atoms with Gasteiger partial charge in [0.25, 0.3) is 0 Å². The van der Waals surface area contributed by atoms with E-state index in [0.717, 1.165) is 50.6 Å². The van der Waals surface area contributed by atoms with E-state index in [1.54, 1.807) is 7.05 Å². The molecule has 0 amide bonds. The van der Waals surface area contributed by atoms with Crippen LogP contribution >= 0.6 is 0 Å². The van der Waals surface area contributed by atoms with Crippen LogP contribution in [0.2, 0.25) is 0 Å². The van der Waals surface area contributed by atoms with Crippen LogP contribution in [0, 0.1) is 19.8 Å². The van der Waals surface area contributed by atoms with E-state index in [1.165, 1.54) is 5.69 Å². The van der Waals surface area contributed by atoms with Crippen molar-refractivity contribution < 1.29 is 9.53 Å². The molecule has 0 saturated carbocycles. The Labute approximate surface area is 150 Å². The van der Waals surface area contributed by atoms with Crippen molar-refractivity contribution in [3.63, 3.8) is 0 Å². The van der Waals surface area contributed by atoms with E-state index in [2.05, 4.69) is 33.3 Å². The molecule has 1 atom stereocenters. The minimum atomic E-state index is -0.0906. The van der Waals surface area contributed by atoms with Gasteiger partial charge >= 0.3 is 5.97 Å². The summed E-state index contributed by atoms with van der Waals surface area (Å²) in [6.45, 7) is 9.69. The SMILES string of the molecule is CCOC(=O)C1CCCN(C(=NC)NCCCn2nc(C)cc2C)C1. The molecule has 2 rings (SSSR count). The van der Waals surface area contributed by atoms with Gasteiger partial charge in [0.1, 0.15) is 0 Å². The highest BCUT2D eigenvalue weighted by Gasteiger charge is 2.28. The number of likely N-dealkylation sites (tertiary alicyclic amines) is 1. The first-order chi connectivity index (χ1) is 12.0. The summed E-state index contributed by atoms with van der Waals surface area (Å²) in [6.07, 6.45) is 2.84. The molecular formula is C18H31N5O2. The first kappa shape index (κ1) is 19.3. The molecule has 1 aromatic rings. The highest BCUT2D eigenvalue weighted by Crippen LogP contribution is 2.18. The van der Waals surface area contributed by atoms with E-state index < -0.39 is 0 Å². The summed E-state index contributed by atoms with van der Waals surface area (Å²) in [5.74, 6) is 0.719. The van der Waals surface area contributed by atoms with Gasteiger partial charge in [0.15, 0.2) is 5.96 Å². The van der Waals surface area contributed by atoms with Gasteiger partial charge in [0.2, 0.25) is 0 Å². The van der Waals surface area contributed by atoms with Crippen molar-refractivity contribution in [2.24, 2.45) is 10.9 Å². The molecule has 0 bridgehead atoms. The first-order valence-corrected chi connectivity index (χ1v) is 9.18. The smallest absolute Gasteiger partial charge is 0.310 e. The van der Waals surface area contributed by atoms with Crippen molar-refractivity contribution in [1.29, 1.82) is 0 Å². The zero-order chi connectivity index (χ0) is 18.2. The topological polar surface area (TPSA) is 71.8 Å². The van der Waals surface area contributed by atoms with Crippen molar-refractivity contribution in [2.45, 2.75) is 46.6 Å². The predicted molar refractivity (Wildman–Crippen MR) is 98.6 cm³/mol. The molecule has 7 nitrogen and oxygen atoms in total. The largest absolute Gasteiger partial charge is 0.466 e. The number of aliphatic imine (C=N–C) groups is 1. The quantitative estimate of drug-likeness (QED) is 0.367. The van der Waals surface area contributed by atoms with Crippen LogP contribution in [0.5, 0.6) is 0 Å². The molecule has 1 aromatic heterocycles. The third-order valence-corrected chi connectivity index (χ3v) is 4.49. The van der Waals surface area contributed by atoms with Crippen LogP contribution in [-0.4, -0.2) is 59.9 Å². The van der Waals surface area contributed by atoms with Crippen LogP contribution < -0.4 is 5.32 Å². The van der Waals surface area contributed by atoms with Gasteiger partial charge in [-0.05, 0) is 46.1 Å². The maximum absolute atomic E-state index is 12.0. The van der Waals surface area contributed by atoms with Gasteiger partial charge in [-0.3, -0.25) is 14.5 Å². The predicted octanol–water partition coefficient (Wildman–Crippen LogP) is 1.74. The van der Waals surface area contributed by atoms with Gasteiger partial charge in [-0.25, -0.2) is 0 Å². The molecule has 1 aliphatic rings. The fourth-order valence-corrected chi connectivity index (χ4v) is 3.28. The Kier molecular flexibility index (Phi) is 7.28. The molecule has 0 spiro atoms. The fourth-order valence-electron chi connectivity index (χ4n) is 3.28. The van der Waals surface area contributed by atoms with Crippen molar-refractivity contribution in [2.75, 3.05) is 33.3 Å². The molecule has 1 saturated heterocycles. The number of carbonyl (C=O) groups excluding carboxylic acids is 1. The molecule has 25 heavy (non-hydrogen) atoms. The second-order valence-electron chi connectivity index (χ2n) is 6.52. The van der Waals surface area contributed by atoms with Crippen molar-refractivity contribution >= 4 is 11.9 Å². The lowest BCUT2D eigenvalue weighted by Crippen LogP contribution is -2.48. The van der Waals surface area contributed by atoms with E-state index in [4.69, 9.17) is 4.74 Å². The average molecular weight is 349 g/mol. The summed E-state index contributed by atoms with van der Waals surface area (Å²) in [4.78, 5) is 18.5. The normalized spacial score (nSPS) is 18.3. The van der Waals surface area contributed by atoms with Gasteiger partial charge < -0.3 is 15.0 Å². The summed E-state index contributed by atoms with van der Waals surface area (Å²) < 4.78 is 7.21. The lowest BCUT2D eigenvalue weighted by molar-refractivity contribution is -0.149. The molecule has 0 aromatic carbocycles. The first-order valence-electron chi connectivity index (χ1n) is 9.18. The van der Waals surface area contributed by atoms with Crippen LogP contribution in [-0.2, 0) is 16.1 Å². The maximum Gasteiger partial charge on any atom is 0.310 e. The molecular weight excluding hydrogens is 318 g/mol. The minimum Gasteiger partial charge on any atom is -0.466 e. The number of nitrogens with zero attached hydrogens (tertiary/aromatic N) is 4. The number of nitrogens with one attached hydrogen (secondary N) is 1. The number of ether oxygens (including phenoxy) is 1. The van der Waals surface area contributed by atoms with Gasteiger partial charge in [0, 0.05) is 38.9 Å². The van der Waals surface area contributed by atoms with E-state index >= 15 is 0 Å². The number of rotatable bonds is 6. The number of aryl methyl sites for hydroxylation is 3. The number of carbonyl (C=O) groups is 1. The lowest BCUT2D eigenvalue weighted by Gasteiger charge is -2.34. The van der Waals surface area contributed by atoms with Crippen LogP contribution in [0.4, 0.5) is 0 Å². The zero-order valence-electron chi connectivity index (χ0n) is 15.9. The molecule has 1 fully saturated rings. The minimum absolute atomic E-state index is 0.0538. The van der Waals surface area contributed by atoms with E-state index in [1.807, 2.05) is 18.5 Å². The van der Waals surface area contributed by atoms with Crippen molar-refractivity contribution in [3.8, 4) is 0 Å². The van der Waals surface area contributed by atoms with Crippen molar-refractivity contribution in [3.05, 3.63) is 17.5 Å². The molecule has 2 heterocycles. The Balaban J connectivity index is 1.79. The van der Waals surface area contributed by atoms with Gasteiger partial charge in [-0.2, -0.15) is 5.10 Å². The van der Waals surface area contributed by atoms with Crippen LogP contribution in [0.3, 0.4) is 0 Å². The van der Waals surface area contributed by atoms with Gasteiger partial charge in [0.05, 0.1) is 18.2 Å². The summed E-state index contributed by atoms with van der Waals surface area (Å²) in [5.41, 5.74) is 2.25. The van der Waals surface area contributed by atoms with E-state index in [-0.39, 0.29) is 11.9 Å². The number of hydrogen-bond acceptors (Lipinski definition) is 4. The molecule has 140 valence electrons. The average Bonchev–Trinajstić information content (AvgIpc) is 2.92. The van der Waals surface area contributed by atoms with E-state index in [9.17, 15) is 4.79 Å². The van der Waals surface area contributed by atoms with E-state index in [0.29, 0.717) is 13.2 Å². The maximum atomic E-state index is 12.0. The summed E-state index contributed by atoms with van der Waals surface area (Å²) in [5, 5.41) is 7.89. The van der Waals surface area contributed by atoms with Gasteiger partial charge in [-0.1, -0.05) is 0 Å². The molecule has 1 N–H and O–H groups in total. The number of hydrogen-bond donors (Lipinski definition) is 1. The Morgan fingerprint density at radius 3 is 2.92 bits per heavy atom. The number of piperidine rings is 1. The Bertz CT molecular complexity index is 596. The van der Waals surface area contributed by atoms with Gasteiger partial charge in [-0.15, -0.1) is 0 Å². The Morgan fingerprint density at radius 2 is 2.28 bits per heavy atom. The standard InChI is InChI=1S/C18H31N5O2/c1-5-25-17(24)16-8-6-10-22(13-16)18(19-4)20-9-7-11-23-15(3)12-14(2)21-23/h12,16H,5-11,13H2,1-4H3,(H,19,20). The molecule has 0 radical (unpaired) electrons. The third-order valence-electron chi connectivity index (χ3n) is 4.49. The second-order valence-corrected chi connectivity index (χ2v) is 6.52. The fraction of sp³-hybridized carbons (Fsp3) is 0.722. The van der Waals surface area contributed by atoms with Crippen LogP contribution in [0.15, 0.2) is 11.1 Å². The third kappa shape index (κ3) is 5.47. The lowest BCUT2D eigenvalue weighted by atomic mass is 9.98. The van der Waals surface area contributed by atoms with Crippen molar-refractivity contribution in [1.82, 2.24) is 20.0 Å². The summed E-state index contributed by atoms with van der Waals surface area (Å²) in [7, 11) is 1.79. The highest BCUT2D eigenvalue weighted by molar-refractivity contribution is 5.81. The highest BCUT2D eigenvalue weighted by atomic mass is 16.5. The van der Waals surface area contributed by atoms with Crippen LogP contribution in [0.1, 0.15) is 37.6 Å². The Morgan fingerprint density at radius 1 is 1.48 bits per heavy atom. The molecule has 0 aliphatic carbocycles. The molecule has 7 heteroatoms. The second kappa shape index (κ2) is 9.44. The van der Waals surface area contributed by atoms with Crippen LogP contribution in [0.25, 0.3) is 0 Å². The summed E-state index contributed by atoms with van der Waals surface area (Å²) in [6, 6.07) is 2.09. The number of esters is 1. The monoisotopic (exact) mass is 349 g/mol. The zero-order valence-corrected chi connectivity index (χ0v) is 15.9. The molecule has 1 unspecified atom stereocenters. The summed E-state index contributed by atoms with van der Waals surface area (Å²) >= 11 is 0.